The summed E-state index contributed by atoms with van der Waals surface area (Å²) in [5.41, 5.74) is 1.81. The number of hydrogen-bond donors (Lipinski definition) is 1. The maximum absolute atomic E-state index is 12.6. The van der Waals surface area contributed by atoms with E-state index in [-0.39, 0.29) is 5.91 Å². The summed E-state index contributed by atoms with van der Waals surface area (Å²) in [5, 5.41) is 3.07. The van der Waals surface area contributed by atoms with Crippen LogP contribution < -0.4 is 14.8 Å². The van der Waals surface area contributed by atoms with Crippen LogP contribution in [-0.2, 0) is 6.54 Å². The lowest BCUT2D eigenvalue weighted by molar-refractivity contribution is 0.0936. The number of hydrogen-bond acceptors (Lipinski definition) is 4. The molecular formula is C21H26N2O3. The molecule has 5 nitrogen and oxygen atoms in total. The summed E-state index contributed by atoms with van der Waals surface area (Å²) in [4.78, 5) is 15.1. The minimum absolute atomic E-state index is 0.132. The van der Waals surface area contributed by atoms with Gasteiger partial charge in [0.05, 0.1) is 19.8 Å². The first kappa shape index (κ1) is 18.3. The molecule has 1 aliphatic heterocycles. The molecule has 0 radical (unpaired) electrons. The zero-order valence-corrected chi connectivity index (χ0v) is 15.4. The van der Waals surface area contributed by atoms with Crippen molar-refractivity contribution in [3.05, 3.63) is 59.7 Å². The van der Waals surface area contributed by atoms with Crippen molar-refractivity contribution in [2.75, 3.05) is 27.3 Å². The van der Waals surface area contributed by atoms with Crippen LogP contribution in [0.3, 0.4) is 0 Å². The van der Waals surface area contributed by atoms with E-state index in [2.05, 4.69) is 34.5 Å². The molecule has 0 spiro atoms. The Morgan fingerprint density at radius 3 is 2.65 bits per heavy atom. The van der Waals surface area contributed by atoms with Gasteiger partial charge in [-0.25, -0.2) is 0 Å². The quantitative estimate of drug-likeness (QED) is 0.830. The van der Waals surface area contributed by atoms with E-state index in [0.717, 1.165) is 25.9 Å². The molecule has 5 heteroatoms. The molecule has 1 fully saturated rings. The van der Waals surface area contributed by atoms with Crippen LogP contribution in [0.15, 0.2) is 48.5 Å². The summed E-state index contributed by atoms with van der Waals surface area (Å²) in [6.45, 7) is 2.62. The normalized spacial score (nSPS) is 17.1. The number of methoxy groups -OCH3 is 2. The molecule has 1 aliphatic rings. The van der Waals surface area contributed by atoms with Crippen LogP contribution in [0.25, 0.3) is 0 Å². The summed E-state index contributed by atoms with van der Waals surface area (Å²) in [5.74, 6) is 0.902. The fourth-order valence-electron chi connectivity index (χ4n) is 3.52. The van der Waals surface area contributed by atoms with Crippen molar-refractivity contribution in [3.8, 4) is 11.5 Å². The van der Waals surface area contributed by atoms with Crippen LogP contribution in [0.5, 0.6) is 11.5 Å². The summed E-state index contributed by atoms with van der Waals surface area (Å²) in [6.07, 6.45) is 2.26. The molecule has 2 aromatic carbocycles. The number of nitrogens with one attached hydrogen (secondary N) is 1. The van der Waals surface area contributed by atoms with Crippen molar-refractivity contribution < 1.29 is 14.3 Å². The minimum atomic E-state index is -0.132. The Balaban J connectivity index is 1.62. The van der Waals surface area contributed by atoms with Crippen molar-refractivity contribution in [1.29, 1.82) is 0 Å². The van der Waals surface area contributed by atoms with Crippen molar-refractivity contribution in [3.63, 3.8) is 0 Å². The van der Waals surface area contributed by atoms with Gasteiger partial charge in [0.2, 0.25) is 0 Å². The molecule has 1 N–H and O–H groups in total. The van der Waals surface area contributed by atoms with E-state index in [1.807, 2.05) is 6.07 Å². The molecule has 0 bridgehead atoms. The largest absolute Gasteiger partial charge is 0.493 e. The van der Waals surface area contributed by atoms with Crippen molar-refractivity contribution in [1.82, 2.24) is 10.2 Å². The average molecular weight is 354 g/mol. The van der Waals surface area contributed by atoms with Gasteiger partial charge in [-0.3, -0.25) is 9.69 Å². The van der Waals surface area contributed by atoms with Gasteiger partial charge < -0.3 is 14.8 Å². The second-order valence-corrected chi connectivity index (χ2v) is 6.50. The highest BCUT2D eigenvalue weighted by Crippen LogP contribution is 2.30. The van der Waals surface area contributed by atoms with Crippen LogP contribution in [0.4, 0.5) is 0 Å². The van der Waals surface area contributed by atoms with Crippen LogP contribution in [0.1, 0.15) is 28.8 Å². The van der Waals surface area contributed by atoms with Crippen LogP contribution >= 0.6 is 0 Å². The number of carbonyl (C=O) groups excluding carboxylic acids is 1. The molecule has 0 aliphatic carbocycles. The molecule has 1 amide bonds. The summed E-state index contributed by atoms with van der Waals surface area (Å²) < 4.78 is 10.6. The molecular weight excluding hydrogens is 328 g/mol. The highest BCUT2D eigenvalue weighted by Gasteiger charge is 2.25. The summed E-state index contributed by atoms with van der Waals surface area (Å²) >= 11 is 0. The molecule has 138 valence electrons. The Labute approximate surface area is 154 Å². The highest BCUT2D eigenvalue weighted by atomic mass is 16.5. The van der Waals surface area contributed by atoms with Gasteiger partial charge >= 0.3 is 0 Å². The highest BCUT2D eigenvalue weighted by molar-refractivity contribution is 5.97. The number of carbonyl (C=O) groups is 1. The number of rotatable bonds is 7. The number of likely N-dealkylation sites (tertiary alicyclic amines) is 1. The lowest BCUT2D eigenvalue weighted by atomic mass is 10.1. The Hall–Kier alpha value is -2.53. The minimum Gasteiger partial charge on any atom is -0.493 e. The predicted molar refractivity (Wildman–Crippen MR) is 102 cm³/mol. The van der Waals surface area contributed by atoms with Crippen LogP contribution in [-0.4, -0.2) is 44.2 Å². The lowest BCUT2D eigenvalue weighted by Crippen LogP contribution is -2.39. The number of para-hydroxylation sites is 1. The third-order valence-electron chi connectivity index (χ3n) is 4.87. The van der Waals surface area contributed by atoms with E-state index < -0.39 is 0 Å². The standard InChI is InChI=1S/C21H26N2O3/c1-25-19-12-6-11-18(20(19)26-2)21(24)22-14-17-10-7-13-23(17)15-16-8-4-3-5-9-16/h3-6,8-9,11-12,17H,7,10,13-15H2,1-2H3,(H,22,24). The second-order valence-electron chi connectivity index (χ2n) is 6.50. The van der Waals surface area contributed by atoms with Gasteiger partial charge in [0.15, 0.2) is 11.5 Å². The summed E-state index contributed by atoms with van der Waals surface area (Å²) in [7, 11) is 3.12. The second kappa shape index (κ2) is 8.72. The van der Waals surface area contributed by atoms with E-state index in [1.165, 1.54) is 5.56 Å². The zero-order chi connectivity index (χ0) is 18.4. The first-order chi connectivity index (χ1) is 12.7. The lowest BCUT2D eigenvalue weighted by Gasteiger charge is -2.25. The molecule has 3 rings (SSSR count). The maximum Gasteiger partial charge on any atom is 0.255 e. The molecule has 1 heterocycles. The Bertz CT molecular complexity index is 733. The third kappa shape index (κ3) is 4.17. The van der Waals surface area contributed by atoms with Gasteiger partial charge in [-0.15, -0.1) is 0 Å². The fourth-order valence-corrected chi connectivity index (χ4v) is 3.52. The maximum atomic E-state index is 12.6. The number of ether oxygens (including phenoxy) is 2. The molecule has 0 saturated carbocycles. The van der Waals surface area contributed by atoms with Gasteiger partial charge in [-0.1, -0.05) is 36.4 Å². The predicted octanol–water partition coefficient (Wildman–Crippen LogP) is 3.10. The fraction of sp³-hybridized carbons (Fsp3) is 0.381. The monoisotopic (exact) mass is 354 g/mol. The van der Waals surface area contributed by atoms with E-state index >= 15 is 0 Å². The Morgan fingerprint density at radius 2 is 1.92 bits per heavy atom. The van der Waals surface area contributed by atoms with E-state index in [0.29, 0.717) is 29.6 Å². The van der Waals surface area contributed by atoms with Crippen molar-refractivity contribution in [2.24, 2.45) is 0 Å². The number of benzene rings is 2. The van der Waals surface area contributed by atoms with Gasteiger partial charge in [0.1, 0.15) is 0 Å². The first-order valence-corrected chi connectivity index (χ1v) is 9.00. The van der Waals surface area contributed by atoms with Crippen molar-refractivity contribution in [2.45, 2.75) is 25.4 Å². The molecule has 26 heavy (non-hydrogen) atoms. The Morgan fingerprint density at radius 1 is 1.12 bits per heavy atom. The van der Waals surface area contributed by atoms with E-state index in [9.17, 15) is 4.79 Å². The molecule has 1 saturated heterocycles. The smallest absolute Gasteiger partial charge is 0.255 e. The third-order valence-corrected chi connectivity index (χ3v) is 4.87. The zero-order valence-electron chi connectivity index (χ0n) is 15.4. The first-order valence-electron chi connectivity index (χ1n) is 9.00. The number of nitrogens with zero attached hydrogens (tertiary/aromatic N) is 1. The molecule has 1 unspecified atom stereocenters. The molecule has 1 atom stereocenters. The topological polar surface area (TPSA) is 50.8 Å². The van der Waals surface area contributed by atoms with Crippen molar-refractivity contribution >= 4 is 5.91 Å². The van der Waals surface area contributed by atoms with Crippen LogP contribution in [0, 0.1) is 0 Å². The van der Waals surface area contributed by atoms with Gasteiger partial charge in [-0.2, -0.15) is 0 Å². The van der Waals surface area contributed by atoms with Gasteiger partial charge in [0.25, 0.3) is 5.91 Å². The number of amides is 1. The van der Waals surface area contributed by atoms with Crippen LogP contribution in [0.2, 0.25) is 0 Å². The van der Waals surface area contributed by atoms with Gasteiger partial charge in [0, 0.05) is 19.1 Å². The van der Waals surface area contributed by atoms with E-state index in [4.69, 9.17) is 9.47 Å². The average Bonchev–Trinajstić information content (AvgIpc) is 3.13. The molecule has 0 aromatic heterocycles. The Kier molecular flexibility index (Phi) is 6.12. The van der Waals surface area contributed by atoms with Gasteiger partial charge in [-0.05, 0) is 37.1 Å². The summed E-state index contributed by atoms with van der Waals surface area (Å²) in [6, 6.07) is 16.2. The SMILES string of the molecule is COc1cccc(C(=O)NCC2CCCN2Cc2ccccc2)c1OC. The molecule has 2 aromatic rings. The van der Waals surface area contributed by atoms with E-state index in [1.54, 1.807) is 32.4 Å².